The number of primary amides is 1. The van der Waals surface area contributed by atoms with Crippen LogP contribution in [0.25, 0.3) is 0 Å². The molecule has 1 amide bonds. The fourth-order valence-electron chi connectivity index (χ4n) is 3.03. The van der Waals surface area contributed by atoms with Crippen LogP contribution in [0.15, 0.2) is 36.4 Å². The van der Waals surface area contributed by atoms with Gasteiger partial charge >= 0.3 is 0 Å². The minimum atomic E-state index is -0.596. The SMILES string of the molecule is CC=O.CNc1cccc(Nc2[nH]nc(NCc3cc(C)c(O)c(C)c3)c2C(N)=O)c1. The molecule has 2 aromatic carbocycles. The lowest BCUT2D eigenvalue weighted by Crippen LogP contribution is -2.15. The summed E-state index contributed by atoms with van der Waals surface area (Å²) in [6.07, 6.45) is 0.750. The number of carbonyl (C=O) groups excluding carboxylic acids is 2. The van der Waals surface area contributed by atoms with Crippen molar-refractivity contribution in [3.63, 3.8) is 0 Å². The lowest BCUT2D eigenvalue weighted by molar-refractivity contribution is -0.106. The van der Waals surface area contributed by atoms with Crippen LogP contribution in [0.1, 0.15) is 34.0 Å². The normalized spacial score (nSPS) is 9.94. The van der Waals surface area contributed by atoms with E-state index in [1.807, 2.05) is 57.3 Å². The predicted octanol–water partition coefficient (Wildman–Crippen LogP) is 3.43. The number of anilines is 4. The zero-order chi connectivity index (χ0) is 23.0. The van der Waals surface area contributed by atoms with Crippen LogP contribution in [0.5, 0.6) is 5.75 Å². The zero-order valence-corrected chi connectivity index (χ0v) is 18.0. The molecule has 0 aliphatic rings. The second-order valence-corrected chi connectivity index (χ2v) is 6.81. The Morgan fingerprint density at radius 2 is 1.81 bits per heavy atom. The van der Waals surface area contributed by atoms with E-state index >= 15 is 0 Å². The van der Waals surface area contributed by atoms with Gasteiger partial charge in [0.25, 0.3) is 5.91 Å². The molecule has 0 unspecified atom stereocenters. The van der Waals surface area contributed by atoms with E-state index in [4.69, 9.17) is 10.5 Å². The van der Waals surface area contributed by atoms with Crippen LogP contribution in [0.4, 0.5) is 23.0 Å². The van der Waals surface area contributed by atoms with E-state index in [2.05, 4.69) is 26.1 Å². The van der Waals surface area contributed by atoms with Crippen LogP contribution in [-0.2, 0) is 11.3 Å². The number of aromatic hydroxyl groups is 1. The number of phenols is 1. The van der Waals surface area contributed by atoms with E-state index in [0.29, 0.717) is 18.2 Å². The van der Waals surface area contributed by atoms with Crippen molar-refractivity contribution in [2.75, 3.05) is 23.0 Å². The smallest absolute Gasteiger partial charge is 0.256 e. The second kappa shape index (κ2) is 10.7. The first-order chi connectivity index (χ1) is 14.8. The van der Waals surface area contributed by atoms with Gasteiger partial charge in [0.2, 0.25) is 0 Å². The van der Waals surface area contributed by atoms with Crippen molar-refractivity contribution in [2.24, 2.45) is 5.73 Å². The van der Waals surface area contributed by atoms with Crippen molar-refractivity contribution >= 4 is 35.2 Å². The molecule has 164 valence electrons. The Bertz CT molecular complexity index is 1040. The maximum Gasteiger partial charge on any atom is 0.256 e. The summed E-state index contributed by atoms with van der Waals surface area (Å²) < 4.78 is 0. The Morgan fingerprint density at radius 1 is 1.19 bits per heavy atom. The van der Waals surface area contributed by atoms with E-state index in [0.717, 1.165) is 34.4 Å². The first-order valence-electron chi connectivity index (χ1n) is 9.66. The van der Waals surface area contributed by atoms with Gasteiger partial charge in [-0.15, -0.1) is 0 Å². The highest BCUT2D eigenvalue weighted by Gasteiger charge is 2.19. The highest BCUT2D eigenvalue weighted by molar-refractivity contribution is 6.03. The molecule has 0 saturated carbocycles. The highest BCUT2D eigenvalue weighted by Crippen LogP contribution is 2.27. The van der Waals surface area contributed by atoms with Gasteiger partial charge in [-0.1, -0.05) is 18.2 Å². The van der Waals surface area contributed by atoms with Gasteiger partial charge in [0.15, 0.2) is 5.82 Å². The van der Waals surface area contributed by atoms with Crippen LogP contribution in [0, 0.1) is 13.8 Å². The first kappa shape index (κ1) is 23.3. The molecule has 7 N–H and O–H groups in total. The molecular formula is C22H28N6O3. The number of phenolic OH excluding ortho intramolecular Hbond substituents is 1. The molecule has 31 heavy (non-hydrogen) atoms. The Kier molecular flexibility index (Phi) is 8.01. The zero-order valence-electron chi connectivity index (χ0n) is 18.0. The van der Waals surface area contributed by atoms with Crippen LogP contribution < -0.4 is 21.7 Å². The van der Waals surface area contributed by atoms with Crippen molar-refractivity contribution in [1.82, 2.24) is 10.2 Å². The Labute approximate surface area is 181 Å². The number of aldehydes is 1. The molecule has 0 fully saturated rings. The molecule has 1 heterocycles. The predicted molar refractivity (Wildman–Crippen MR) is 123 cm³/mol. The summed E-state index contributed by atoms with van der Waals surface area (Å²) in [5.41, 5.74) is 10.1. The van der Waals surface area contributed by atoms with Gasteiger partial charge < -0.3 is 31.6 Å². The largest absolute Gasteiger partial charge is 0.507 e. The molecule has 9 nitrogen and oxygen atoms in total. The van der Waals surface area contributed by atoms with E-state index in [1.54, 1.807) is 0 Å². The summed E-state index contributed by atoms with van der Waals surface area (Å²) >= 11 is 0. The van der Waals surface area contributed by atoms with Gasteiger partial charge in [0.05, 0.1) is 0 Å². The summed E-state index contributed by atoms with van der Waals surface area (Å²) in [4.78, 5) is 20.8. The molecule has 0 atom stereocenters. The standard InChI is InChI=1S/C20H24N6O2.C2H4O/c1-11-7-13(8-12(2)17(11)27)10-23-19-16(18(21)28)20(26-25-19)24-15-6-4-5-14(9-15)22-3;1-2-3/h4-9,22,27H,10H2,1-3H3,(H2,21,28)(H3,23,24,25,26);2H,1H3. The molecule has 0 saturated heterocycles. The van der Waals surface area contributed by atoms with Crippen LogP contribution in [0.2, 0.25) is 0 Å². The number of aromatic amines is 1. The number of nitrogens with one attached hydrogen (secondary N) is 4. The third-order valence-electron chi connectivity index (χ3n) is 4.44. The van der Waals surface area contributed by atoms with Crippen LogP contribution in [-0.4, -0.2) is 34.5 Å². The molecular weight excluding hydrogens is 396 g/mol. The number of benzene rings is 2. The van der Waals surface area contributed by atoms with E-state index < -0.39 is 5.91 Å². The molecule has 0 spiro atoms. The number of nitrogens with two attached hydrogens (primary N) is 1. The van der Waals surface area contributed by atoms with Crippen molar-refractivity contribution in [3.8, 4) is 5.75 Å². The number of hydrogen-bond donors (Lipinski definition) is 6. The number of H-pyrrole nitrogens is 1. The average molecular weight is 425 g/mol. The summed E-state index contributed by atoms with van der Waals surface area (Å²) in [6.45, 7) is 5.56. The van der Waals surface area contributed by atoms with Crippen molar-refractivity contribution in [2.45, 2.75) is 27.3 Å². The van der Waals surface area contributed by atoms with Gasteiger partial charge in [-0.05, 0) is 55.7 Å². The van der Waals surface area contributed by atoms with Gasteiger partial charge in [-0.2, -0.15) is 5.10 Å². The van der Waals surface area contributed by atoms with E-state index in [-0.39, 0.29) is 11.3 Å². The van der Waals surface area contributed by atoms with E-state index in [9.17, 15) is 9.90 Å². The number of aromatic nitrogens is 2. The first-order valence-corrected chi connectivity index (χ1v) is 9.66. The number of aryl methyl sites for hydroxylation is 2. The summed E-state index contributed by atoms with van der Waals surface area (Å²) in [7, 11) is 1.83. The molecule has 0 bridgehead atoms. The molecule has 0 aliphatic carbocycles. The van der Waals surface area contributed by atoms with Gasteiger partial charge in [0.1, 0.15) is 23.4 Å². The quantitative estimate of drug-likeness (QED) is 0.319. The van der Waals surface area contributed by atoms with Gasteiger partial charge in [-0.3, -0.25) is 9.89 Å². The van der Waals surface area contributed by atoms with Gasteiger partial charge in [0, 0.05) is 25.0 Å². The highest BCUT2D eigenvalue weighted by atomic mass is 16.3. The Hall–Kier alpha value is -4.01. The lowest BCUT2D eigenvalue weighted by Gasteiger charge is -2.10. The van der Waals surface area contributed by atoms with Crippen LogP contribution in [0.3, 0.4) is 0 Å². The number of amides is 1. The fraction of sp³-hybridized carbons (Fsp3) is 0.227. The summed E-state index contributed by atoms with van der Waals surface area (Å²) in [5, 5.41) is 26.3. The van der Waals surface area contributed by atoms with E-state index in [1.165, 1.54) is 6.92 Å². The fourth-order valence-corrected chi connectivity index (χ4v) is 3.03. The molecule has 1 aromatic heterocycles. The van der Waals surface area contributed by atoms with Crippen molar-refractivity contribution in [1.29, 1.82) is 0 Å². The van der Waals surface area contributed by atoms with Crippen LogP contribution >= 0.6 is 0 Å². The topological polar surface area (TPSA) is 145 Å². The minimum absolute atomic E-state index is 0.252. The van der Waals surface area contributed by atoms with Crippen molar-refractivity contribution < 1.29 is 14.7 Å². The Balaban J connectivity index is 0.00000107. The average Bonchev–Trinajstić information content (AvgIpc) is 3.13. The number of hydrogen-bond acceptors (Lipinski definition) is 7. The number of nitrogens with zero attached hydrogens (tertiary/aromatic N) is 1. The molecule has 9 heteroatoms. The maximum absolute atomic E-state index is 12.0. The molecule has 0 radical (unpaired) electrons. The number of rotatable bonds is 7. The molecule has 0 aliphatic heterocycles. The van der Waals surface area contributed by atoms with Crippen molar-refractivity contribution in [3.05, 3.63) is 58.7 Å². The molecule has 3 aromatic rings. The summed E-state index contributed by atoms with van der Waals surface area (Å²) in [5.74, 6) is 0.475. The third-order valence-corrected chi connectivity index (χ3v) is 4.44. The Morgan fingerprint density at radius 3 is 2.39 bits per heavy atom. The van der Waals surface area contributed by atoms with Gasteiger partial charge in [-0.25, -0.2) is 0 Å². The number of carbonyl (C=O) groups is 2. The minimum Gasteiger partial charge on any atom is -0.507 e. The lowest BCUT2D eigenvalue weighted by atomic mass is 10.1. The third kappa shape index (κ3) is 5.99. The monoisotopic (exact) mass is 424 g/mol. The molecule has 3 rings (SSSR count). The maximum atomic E-state index is 12.0. The second-order valence-electron chi connectivity index (χ2n) is 6.81. The summed E-state index contributed by atoms with van der Waals surface area (Å²) in [6, 6.07) is 11.4.